The van der Waals surface area contributed by atoms with Gasteiger partial charge in [-0.05, 0) is 61.7 Å². The second kappa shape index (κ2) is 15.6. The molecule has 10 heteroatoms. The van der Waals surface area contributed by atoms with E-state index in [1.807, 2.05) is 74.5 Å². The number of nitrogens with one attached hydrogen (secondary N) is 1. The lowest BCUT2D eigenvalue weighted by molar-refractivity contribution is -0.153. The lowest BCUT2D eigenvalue weighted by atomic mass is 9.99. The third-order valence-corrected chi connectivity index (χ3v) is 7.64. The van der Waals surface area contributed by atoms with Gasteiger partial charge in [0.05, 0.1) is 12.1 Å². The molecular formula is C40H40FN3O6. The number of aromatic nitrogens is 1. The molecule has 2 heterocycles. The molecule has 0 saturated heterocycles. The molecular weight excluding hydrogens is 637 g/mol. The molecule has 0 radical (unpaired) electrons. The summed E-state index contributed by atoms with van der Waals surface area (Å²) in [6.45, 7) is 9.00. The first kappa shape index (κ1) is 35.5. The van der Waals surface area contributed by atoms with E-state index in [0.29, 0.717) is 22.0 Å². The Kier molecular flexibility index (Phi) is 11.1. The molecule has 9 nitrogen and oxygen atoms in total. The molecule has 1 aliphatic heterocycles. The summed E-state index contributed by atoms with van der Waals surface area (Å²) in [5.74, 6) is -1.02. The molecule has 2 amide bonds. The van der Waals surface area contributed by atoms with Crippen LogP contribution in [-0.4, -0.2) is 40.0 Å². The van der Waals surface area contributed by atoms with E-state index in [0.717, 1.165) is 11.1 Å². The summed E-state index contributed by atoms with van der Waals surface area (Å²) in [4.78, 5) is 45.9. The number of ether oxygens (including phenoxy) is 3. The van der Waals surface area contributed by atoms with Gasteiger partial charge in [0.1, 0.15) is 35.3 Å². The molecule has 1 aliphatic rings. The summed E-state index contributed by atoms with van der Waals surface area (Å²) in [5.41, 5.74) is 2.65. The van der Waals surface area contributed by atoms with E-state index >= 15 is 0 Å². The van der Waals surface area contributed by atoms with Crippen LogP contribution in [0.2, 0.25) is 0 Å². The van der Waals surface area contributed by atoms with Crippen LogP contribution in [-0.2, 0) is 22.6 Å². The number of carbonyl (C=O) groups is 3. The largest absolute Gasteiger partial charge is 0.478 e. The number of halogens is 1. The Morgan fingerprint density at radius 2 is 1.50 bits per heavy atom. The van der Waals surface area contributed by atoms with E-state index in [2.05, 4.69) is 10.3 Å². The van der Waals surface area contributed by atoms with Crippen LogP contribution in [0.1, 0.15) is 73.3 Å². The number of hydrogen-bond acceptors (Lipinski definition) is 7. The number of rotatable bonds is 9. The van der Waals surface area contributed by atoms with Crippen molar-refractivity contribution in [2.75, 3.05) is 6.54 Å². The molecule has 258 valence electrons. The number of nitrogens with zero attached hydrogens (tertiary/aromatic N) is 2. The molecule has 0 unspecified atom stereocenters. The second-order valence-electron chi connectivity index (χ2n) is 12.3. The molecule has 4 aromatic carbocycles. The van der Waals surface area contributed by atoms with E-state index < -0.39 is 30.3 Å². The predicted octanol–water partition coefficient (Wildman–Crippen LogP) is 8.15. The van der Waals surface area contributed by atoms with Gasteiger partial charge >= 0.3 is 12.1 Å². The zero-order valence-corrected chi connectivity index (χ0v) is 28.7. The summed E-state index contributed by atoms with van der Waals surface area (Å²) in [5, 5.41) is 2.89. The van der Waals surface area contributed by atoms with E-state index in [1.54, 1.807) is 56.1 Å². The number of benzene rings is 4. The smallest absolute Gasteiger partial charge is 0.413 e. The number of pyridine rings is 1. The van der Waals surface area contributed by atoms with Crippen molar-refractivity contribution in [2.45, 2.75) is 59.4 Å². The van der Waals surface area contributed by atoms with Crippen LogP contribution in [0, 0.1) is 5.82 Å². The van der Waals surface area contributed by atoms with Gasteiger partial charge in [-0.25, -0.2) is 9.18 Å². The van der Waals surface area contributed by atoms with Gasteiger partial charge in [-0.1, -0.05) is 86.6 Å². The van der Waals surface area contributed by atoms with Gasteiger partial charge in [0.15, 0.2) is 5.75 Å². The Bertz CT molecular complexity index is 1920. The molecule has 0 atom stereocenters. The number of esters is 1. The fourth-order valence-corrected chi connectivity index (χ4v) is 5.62. The van der Waals surface area contributed by atoms with Gasteiger partial charge in [0, 0.05) is 23.7 Å². The SMILES string of the molecule is CC.CC(C)(C)OC(=O)CNC(=O)Oc1c2c(c(OC(c3ccccc3)c3ccccc3)c3ncccc13)C(=O)N(Cc1ccc(F)cc1)C2. The second-order valence-corrected chi connectivity index (χ2v) is 12.3. The summed E-state index contributed by atoms with van der Waals surface area (Å²) < 4.78 is 31.7. The average Bonchev–Trinajstić information content (AvgIpc) is 3.44. The van der Waals surface area contributed by atoms with Crippen LogP contribution < -0.4 is 14.8 Å². The molecule has 6 rings (SSSR count). The van der Waals surface area contributed by atoms with Crippen molar-refractivity contribution < 1.29 is 33.0 Å². The molecule has 0 bridgehead atoms. The third-order valence-electron chi connectivity index (χ3n) is 7.64. The summed E-state index contributed by atoms with van der Waals surface area (Å²) in [6, 6.07) is 28.6. The van der Waals surface area contributed by atoms with Crippen molar-refractivity contribution in [2.24, 2.45) is 0 Å². The molecule has 5 aromatic rings. The quantitative estimate of drug-likeness (QED) is 0.157. The van der Waals surface area contributed by atoms with Crippen LogP contribution in [0.4, 0.5) is 9.18 Å². The maximum Gasteiger partial charge on any atom is 0.413 e. The van der Waals surface area contributed by atoms with Crippen molar-refractivity contribution in [3.63, 3.8) is 0 Å². The molecule has 1 aromatic heterocycles. The van der Waals surface area contributed by atoms with Crippen molar-refractivity contribution >= 4 is 28.9 Å². The van der Waals surface area contributed by atoms with Crippen LogP contribution >= 0.6 is 0 Å². The topological polar surface area (TPSA) is 107 Å². The minimum Gasteiger partial charge on any atom is -0.478 e. The number of amides is 2. The van der Waals surface area contributed by atoms with E-state index in [9.17, 15) is 18.8 Å². The maximum atomic E-state index is 14.3. The van der Waals surface area contributed by atoms with Gasteiger partial charge in [-0.2, -0.15) is 0 Å². The van der Waals surface area contributed by atoms with Crippen molar-refractivity contribution in [3.8, 4) is 11.5 Å². The molecule has 0 spiro atoms. The highest BCUT2D eigenvalue weighted by molar-refractivity contribution is 6.09. The number of hydrogen-bond donors (Lipinski definition) is 1. The van der Waals surface area contributed by atoms with Crippen molar-refractivity contribution in [1.82, 2.24) is 15.2 Å². The summed E-state index contributed by atoms with van der Waals surface area (Å²) >= 11 is 0. The van der Waals surface area contributed by atoms with E-state index in [-0.39, 0.29) is 41.9 Å². The Morgan fingerprint density at radius 1 is 0.880 bits per heavy atom. The highest BCUT2D eigenvalue weighted by Crippen LogP contribution is 2.46. The third kappa shape index (κ3) is 8.26. The van der Waals surface area contributed by atoms with E-state index in [1.165, 1.54) is 12.1 Å². The molecule has 0 aliphatic carbocycles. The first-order valence-corrected chi connectivity index (χ1v) is 16.5. The number of fused-ring (bicyclic) bond motifs is 2. The summed E-state index contributed by atoms with van der Waals surface area (Å²) in [7, 11) is 0. The Hall–Kier alpha value is -5.77. The average molecular weight is 678 g/mol. The Labute approximate surface area is 291 Å². The minimum absolute atomic E-state index is 0.0722. The fourth-order valence-electron chi connectivity index (χ4n) is 5.62. The van der Waals surface area contributed by atoms with Gasteiger partial charge in [-0.15, -0.1) is 0 Å². The van der Waals surface area contributed by atoms with Crippen LogP contribution in [0.3, 0.4) is 0 Å². The van der Waals surface area contributed by atoms with Gasteiger partial charge in [0.25, 0.3) is 5.91 Å². The maximum absolute atomic E-state index is 14.3. The van der Waals surface area contributed by atoms with Crippen LogP contribution in [0.5, 0.6) is 11.5 Å². The first-order valence-electron chi connectivity index (χ1n) is 16.5. The first-order chi connectivity index (χ1) is 24.1. The standard InChI is InChI=1S/C38H34FN3O6.C2H6/c1-38(2,3)48-30(43)21-41-37(45)47-34-28-15-10-20-40-32(28)35(46-33(25-11-6-4-7-12-25)26-13-8-5-9-14-26)31-29(34)23-42(36(31)44)22-24-16-18-27(39)19-17-24;1-2/h4-20,33H,21-23H2,1-3H3,(H,41,45);1-2H3. The number of carbonyl (C=O) groups excluding carboxylic acids is 3. The molecule has 50 heavy (non-hydrogen) atoms. The molecule has 1 N–H and O–H groups in total. The van der Waals surface area contributed by atoms with Crippen LogP contribution in [0.25, 0.3) is 10.9 Å². The molecule has 0 fully saturated rings. The molecule has 0 saturated carbocycles. The zero-order valence-electron chi connectivity index (χ0n) is 28.7. The van der Waals surface area contributed by atoms with Gasteiger partial charge in [-0.3, -0.25) is 14.6 Å². The monoisotopic (exact) mass is 677 g/mol. The van der Waals surface area contributed by atoms with Crippen LogP contribution in [0.15, 0.2) is 103 Å². The fraction of sp³-hybridized carbons (Fsp3) is 0.250. The highest BCUT2D eigenvalue weighted by Gasteiger charge is 2.38. The lowest BCUT2D eigenvalue weighted by Crippen LogP contribution is -2.36. The van der Waals surface area contributed by atoms with Crippen molar-refractivity contribution in [1.29, 1.82) is 0 Å². The van der Waals surface area contributed by atoms with Gasteiger partial charge in [0.2, 0.25) is 0 Å². The Balaban J connectivity index is 0.00000239. The highest BCUT2D eigenvalue weighted by atomic mass is 19.1. The lowest BCUT2D eigenvalue weighted by Gasteiger charge is -2.23. The minimum atomic E-state index is -0.905. The zero-order chi connectivity index (χ0) is 35.8. The summed E-state index contributed by atoms with van der Waals surface area (Å²) in [6.07, 6.45) is 0.0614. The van der Waals surface area contributed by atoms with E-state index in [4.69, 9.17) is 14.2 Å². The normalized spacial score (nSPS) is 12.2. The Morgan fingerprint density at radius 3 is 2.10 bits per heavy atom. The van der Waals surface area contributed by atoms with Crippen molar-refractivity contribution in [3.05, 3.63) is 137 Å². The van der Waals surface area contributed by atoms with Gasteiger partial charge < -0.3 is 24.4 Å². The predicted molar refractivity (Wildman–Crippen MR) is 188 cm³/mol.